The lowest BCUT2D eigenvalue weighted by atomic mass is 10.2. The molecule has 0 aliphatic heterocycles. The van der Waals surface area contributed by atoms with E-state index in [-0.39, 0.29) is 0 Å². The second-order valence-corrected chi connectivity index (χ2v) is 7.22. The number of thiocarbonyl (C=S) groups is 1. The molecule has 8 heteroatoms. The molecule has 1 aromatic heterocycles. The van der Waals surface area contributed by atoms with Crippen molar-refractivity contribution in [1.82, 2.24) is 15.1 Å². The summed E-state index contributed by atoms with van der Waals surface area (Å²) >= 11 is 23.6. The highest BCUT2D eigenvalue weighted by molar-refractivity contribution is 7.80. The Morgan fingerprint density at radius 1 is 1.04 bits per heavy atom. The predicted molar refractivity (Wildman–Crippen MR) is 112 cm³/mol. The van der Waals surface area contributed by atoms with Gasteiger partial charge in [-0.05, 0) is 42.0 Å². The highest BCUT2D eigenvalue weighted by Crippen LogP contribution is 2.25. The number of aromatic nitrogens is 2. The van der Waals surface area contributed by atoms with Gasteiger partial charge in [0.05, 0.1) is 18.4 Å². The van der Waals surface area contributed by atoms with Crippen LogP contribution in [0.3, 0.4) is 0 Å². The van der Waals surface area contributed by atoms with Gasteiger partial charge in [-0.15, -0.1) is 0 Å². The maximum absolute atomic E-state index is 6.20. The van der Waals surface area contributed by atoms with E-state index in [0.29, 0.717) is 33.3 Å². The molecule has 0 radical (unpaired) electrons. The quantitative estimate of drug-likeness (QED) is 0.539. The number of anilines is 1. The molecule has 134 valence electrons. The Morgan fingerprint density at radius 3 is 2.42 bits per heavy atom. The Balaban J connectivity index is 1.56. The van der Waals surface area contributed by atoms with E-state index in [2.05, 4.69) is 15.7 Å². The molecule has 0 unspecified atom stereocenters. The monoisotopic (exact) mass is 424 g/mol. The molecule has 2 aromatic carbocycles. The van der Waals surface area contributed by atoms with E-state index < -0.39 is 0 Å². The van der Waals surface area contributed by atoms with Gasteiger partial charge >= 0.3 is 0 Å². The molecule has 3 rings (SSSR count). The molecule has 0 aliphatic carbocycles. The van der Waals surface area contributed by atoms with E-state index in [9.17, 15) is 0 Å². The third-order valence-corrected chi connectivity index (χ3v) is 4.85. The normalized spacial score (nSPS) is 10.6. The molecule has 1 heterocycles. The molecule has 0 bridgehead atoms. The highest BCUT2D eigenvalue weighted by atomic mass is 35.5. The Hall–Kier alpha value is -1.79. The first-order valence-corrected chi connectivity index (χ1v) is 9.30. The van der Waals surface area contributed by atoms with Gasteiger partial charge in [-0.25, -0.2) is 0 Å². The van der Waals surface area contributed by atoms with Crippen LogP contribution >= 0.6 is 47.0 Å². The fraction of sp³-hybridized carbons (Fsp3) is 0.111. The van der Waals surface area contributed by atoms with Gasteiger partial charge in [0.25, 0.3) is 0 Å². The summed E-state index contributed by atoms with van der Waals surface area (Å²) in [6, 6.07) is 13.0. The van der Waals surface area contributed by atoms with Gasteiger partial charge in [0.1, 0.15) is 0 Å². The predicted octanol–water partition coefficient (Wildman–Crippen LogP) is 5.38. The molecule has 0 amide bonds. The van der Waals surface area contributed by atoms with Crippen LogP contribution in [0, 0.1) is 0 Å². The summed E-state index contributed by atoms with van der Waals surface area (Å²) in [5.41, 5.74) is 2.69. The van der Waals surface area contributed by atoms with E-state index in [4.69, 9.17) is 47.0 Å². The van der Waals surface area contributed by atoms with Crippen molar-refractivity contribution in [2.24, 2.45) is 0 Å². The summed E-state index contributed by atoms with van der Waals surface area (Å²) in [5, 5.41) is 13.0. The summed E-state index contributed by atoms with van der Waals surface area (Å²) in [4.78, 5) is 0. The second kappa shape index (κ2) is 8.73. The Morgan fingerprint density at radius 2 is 1.73 bits per heavy atom. The molecular formula is C18H15Cl3N4S. The number of benzene rings is 2. The zero-order valence-corrected chi connectivity index (χ0v) is 16.6. The first kappa shape index (κ1) is 19.0. The highest BCUT2D eigenvalue weighted by Gasteiger charge is 2.08. The number of halogens is 3. The van der Waals surface area contributed by atoms with Crippen molar-refractivity contribution in [3.63, 3.8) is 0 Å². The van der Waals surface area contributed by atoms with Gasteiger partial charge in [0.2, 0.25) is 0 Å². The first-order chi connectivity index (χ1) is 12.5. The van der Waals surface area contributed by atoms with Gasteiger partial charge in [0.15, 0.2) is 5.11 Å². The second-order valence-electron chi connectivity index (χ2n) is 5.56. The molecule has 26 heavy (non-hydrogen) atoms. The maximum atomic E-state index is 6.20. The van der Waals surface area contributed by atoms with E-state index in [1.165, 1.54) is 0 Å². The summed E-state index contributed by atoms with van der Waals surface area (Å²) in [6.07, 6.45) is 3.54. The molecule has 2 N–H and O–H groups in total. The van der Waals surface area contributed by atoms with Crippen molar-refractivity contribution >= 4 is 57.8 Å². The number of nitrogens with one attached hydrogen (secondary N) is 2. The summed E-state index contributed by atoms with van der Waals surface area (Å²) in [5.74, 6) is 0. The zero-order valence-electron chi connectivity index (χ0n) is 13.5. The first-order valence-electron chi connectivity index (χ1n) is 7.76. The molecule has 4 nitrogen and oxygen atoms in total. The molecule has 3 aromatic rings. The summed E-state index contributed by atoms with van der Waals surface area (Å²) in [7, 11) is 0. The molecule has 0 saturated carbocycles. The van der Waals surface area contributed by atoms with Crippen LogP contribution < -0.4 is 10.6 Å². The van der Waals surface area contributed by atoms with Crippen LogP contribution in [0.2, 0.25) is 15.1 Å². The number of hydrogen-bond donors (Lipinski definition) is 2. The van der Waals surface area contributed by atoms with Crippen molar-refractivity contribution in [3.05, 3.63) is 81.1 Å². The largest absolute Gasteiger partial charge is 0.358 e. The van der Waals surface area contributed by atoms with Gasteiger partial charge in [0, 0.05) is 33.4 Å². The Labute approximate surface area is 172 Å². The van der Waals surface area contributed by atoms with Crippen LogP contribution in [0.5, 0.6) is 0 Å². The molecule has 0 saturated heterocycles. The van der Waals surface area contributed by atoms with E-state index in [0.717, 1.165) is 16.8 Å². The fourth-order valence-corrected chi connectivity index (χ4v) is 3.15. The Kier molecular flexibility index (Phi) is 6.38. The van der Waals surface area contributed by atoms with Gasteiger partial charge in [-0.2, -0.15) is 5.10 Å². The number of nitrogens with zero attached hydrogens (tertiary/aromatic N) is 2. The summed E-state index contributed by atoms with van der Waals surface area (Å²) in [6.45, 7) is 1.08. The zero-order chi connectivity index (χ0) is 18.5. The van der Waals surface area contributed by atoms with Gasteiger partial charge < -0.3 is 10.6 Å². The molecule has 0 aliphatic rings. The summed E-state index contributed by atoms with van der Waals surface area (Å²) < 4.78 is 1.75. The smallest absolute Gasteiger partial charge is 0.171 e. The number of hydrogen-bond acceptors (Lipinski definition) is 2. The fourth-order valence-electron chi connectivity index (χ4n) is 2.32. The minimum absolute atomic E-state index is 0.477. The van der Waals surface area contributed by atoms with Gasteiger partial charge in [-0.1, -0.05) is 53.0 Å². The average Bonchev–Trinajstić information content (AvgIpc) is 3.05. The van der Waals surface area contributed by atoms with Crippen LogP contribution in [0.15, 0.2) is 54.9 Å². The standard InChI is InChI=1S/C18H15Cl3N4S/c19-13-6-4-12(5-7-13)8-22-18(26)24-14-9-23-25(10-14)11-15-16(20)2-1-3-17(15)21/h1-7,9-10H,8,11H2,(H2,22,24,26). The molecule has 0 spiro atoms. The third kappa shape index (κ3) is 5.11. The van der Waals surface area contributed by atoms with Crippen molar-refractivity contribution in [2.75, 3.05) is 5.32 Å². The van der Waals surface area contributed by atoms with Crippen LogP contribution in [0.1, 0.15) is 11.1 Å². The van der Waals surface area contributed by atoms with E-state index >= 15 is 0 Å². The third-order valence-electron chi connectivity index (χ3n) is 3.64. The van der Waals surface area contributed by atoms with Crippen molar-refractivity contribution in [3.8, 4) is 0 Å². The lowest BCUT2D eigenvalue weighted by Gasteiger charge is -2.09. The minimum Gasteiger partial charge on any atom is -0.358 e. The van der Waals surface area contributed by atoms with E-state index in [1.54, 1.807) is 23.0 Å². The Bertz CT molecular complexity index is 889. The average molecular weight is 426 g/mol. The van der Waals surface area contributed by atoms with Gasteiger partial charge in [-0.3, -0.25) is 4.68 Å². The van der Waals surface area contributed by atoms with Crippen molar-refractivity contribution < 1.29 is 0 Å². The van der Waals surface area contributed by atoms with Crippen LogP contribution in [-0.2, 0) is 13.1 Å². The lowest BCUT2D eigenvalue weighted by molar-refractivity contribution is 0.687. The lowest BCUT2D eigenvalue weighted by Crippen LogP contribution is -2.27. The minimum atomic E-state index is 0.477. The maximum Gasteiger partial charge on any atom is 0.171 e. The van der Waals surface area contributed by atoms with Crippen LogP contribution in [0.4, 0.5) is 5.69 Å². The van der Waals surface area contributed by atoms with Crippen molar-refractivity contribution in [1.29, 1.82) is 0 Å². The van der Waals surface area contributed by atoms with Crippen LogP contribution in [-0.4, -0.2) is 14.9 Å². The molecular weight excluding hydrogens is 411 g/mol. The van der Waals surface area contributed by atoms with Crippen molar-refractivity contribution in [2.45, 2.75) is 13.1 Å². The van der Waals surface area contributed by atoms with Crippen LogP contribution in [0.25, 0.3) is 0 Å². The topological polar surface area (TPSA) is 41.9 Å². The SMILES string of the molecule is S=C(NCc1ccc(Cl)cc1)Nc1cnn(Cc2c(Cl)cccc2Cl)c1. The number of rotatable bonds is 5. The van der Waals surface area contributed by atoms with E-state index in [1.807, 2.05) is 36.5 Å². The molecule has 0 atom stereocenters. The molecule has 0 fully saturated rings.